The normalized spacial score (nSPS) is 24.8. The summed E-state index contributed by atoms with van der Waals surface area (Å²) in [7, 11) is 0. The Morgan fingerprint density at radius 3 is 2.53 bits per heavy atom. The molecule has 17 heavy (non-hydrogen) atoms. The van der Waals surface area contributed by atoms with E-state index in [1.165, 1.54) is 18.4 Å². The molecular formula is C15H21ClO. The first-order valence-electron chi connectivity index (χ1n) is 6.41. The summed E-state index contributed by atoms with van der Waals surface area (Å²) in [4.78, 5) is 0. The van der Waals surface area contributed by atoms with Crippen molar-refractivity contribution in [3.63, 3.8) is 0 Å². The van der Waals surface area contributed by atoms with Crippen molar-refractivity contribution < 1.29 is 5.11 Å². The van der Waals surface area contributed by atoms with Crippen LogP contribution in [0.15, 0.2) is 24.3 Å². The predicted molar refractivity (Wildman–Crippen MR) is 72.3 cm³/mol. The fourth-order valence-electron chi connectivity index (χ4n) is 3.07. The number of hydrogen-bond donors (Lipinski definition) is 1. The second-order valence-corrected chi connectivity index (χ2v) is 6.32. The maximum atomic E-state index is 10.4. The highest BCUT2D eigenvalue weighted by atomic mass is 35.5. The van der Waals surface area contributed by atoms with Gasteiger partial charge in [-0.05, 0) is 48.3 Å². The molecule has 0 saturated heterocycles. The lowest BCUT2D eigenvalue weighted by molar-refractivity contribution is 0.0543. The van der Waals surface area contributed by atoms with Crippen molar-refractivity contribution in [1.29, 1.82) is 0 Å². The Kier molecular flexibility index (Phi) is 3.79. The van der Waals surface area contributed by atoms with Crippen LogP contribution in [0.3, 0.4) is 0 Å². The minimum atomic E-state index is -0.228. The van der Waals surface area contributed by atoms with Crippen LogP contribution in [-0.2, 0) is 6.42 Å². The summed E-state index contributed by atoms with van der Waals surface area (Å²) in [6.07, 6.45) is 4.14. The fourth-order valence-corrected chi connectivity index (χ4v) is 3.20. The van der Waals surface area contributed by atoms with Crippen molar-refractivity contribution in [1.82, 2.24) is 0 Å². The number of aliphatic hydroxyl groups is 1. The van der Waals surface area contributed by atoms with Crippen molar-refractivity contribution in [2.45, 2.75) is 45.6 Å². The van der Waals surface area contributed by atoms with Gasteiger partial charge in [0.2, 0.25) is 0 Å². The monoisotopic (exact) mass is 252 g/mol. The number of halogens is 1. The van der Waals surface area contributed by atoms with E-state index in [0.717, 1.165) is 17.9 Å². The molecule has 0 aromatic heterocycles. The molecule has 0 bridgehead atoms. The lowest BCUT2D eigenvalue weighted by atomic mass is 9.77. The molecule has 0 radical (unpaired) electrons. The quantitative estimate of drug-likeness (QED) is 0.860. The zero-order valence-corrected chi connectivity index (χ0v) is 11.4. The van der Waals surface area contributed by atoms with Gasteiger partial charge in [0.15, 0.2) is 0 Å². The first kappa shape index (κ1) is 12.9. The van der Waals surface area contributed by atoms with Crippen molar-refractivity contribution in [2.24, 2.45) is 11.3 Å². The highest BCUT2D eigenvalue weighted by Gasteiger charge is 2.38. The SMILES string of the molecule is CC1(C)CCCC1C(O)Cc1ccc(Cl)cc1. The molecule has 1 aromatic carbocycles. The Bertz CT molecular complexity index is 369. The molecule has 1 nitrogen and oxygen atoms in total. The summed E-state index contributed by atoms with van der Waals surface area (Å²) in [5, 5.41) is 11.1. The van der Waals surface area contributed by atoms with E-state index < -0.39 is 0 Å². The van der Waals surface area contributed by atoms with Crippen molar-refractivity contribution in [3.8, 4) is 0 Å². The Morgan fingerprint density at radius 2 is 2.00 bits per heavy atom. The number of hydrogen-bond acceptors (Lipinski definition) is 1. The van der Waals surface area contributed by atoms with E-state index >= 15 is 0 Å². The third kappa shape index (κ3) is 3.02. The van der Waals surface area contributed by atoms with E-state index in [9.17, 15) is 5.11 Å². The van der Waals surface area contributed by atoms with E-state index in [1.54, 1.807) is 0 Å². The third-order valence-corrected chi connectivity index (χ3v) is 4.41. The number of aliphatic hydroxyl groups excluding tert-OH is 1. The first-order chi connectivity index (χ1) is 7.99. The summed E-state index contributed by atoms with van der Waals surface area (Å²) in [6, 6.07) is 7.80. The van der Waals surface area contributed by atoms with Crippen LogP contribution in [0, 0.1) is 11.3 Å². The highest BCUT2D eigenvalue weighted by Crippen LogP contribution is 2.44. The minimum Gasteiger partial charge on any atom is -0.392 e. The summed E-state index contributed by atoms with van der Waals surface area (Å²) in [5.41, 5.74) is 1.45. The molecule has 94 valence electrons. The smallest absolute Gasteiger partial charge is 0.0613 e. The van der Waals surface area contributed by atoms with Crippen LogP contribution in [-0.4, -0.2) is 11.2 Å². The molecule has 0 spiro atoms. The molecule has 1 saturated carbocycles. The lowest BCUT2D eigenvalue weighted by Gasteiger charge is -2.31. The van der Waals surface area contributed by atoms with Crippen LogP contribution in [0.5, 0.6) is 0 Å². The second-order valence-electron chi connectivity index (χ2n) is 5.89. The van der Waals surface area contributed by atoms with E-state index in [4.69, 9.17) is 11.6 Å². The van der Waals surface area contributed by atoms with Gasteiger partial charge in [-0.15, -0.1) is 0 Å². The molecule has 1 aliphatic rings. The third-order valence-electron chi connectivity index (χ3n) is 4.16. The van der Waals surface area contributed by atoms with Gasteiger partial charge in [-0.3, -0.25) is 0 Å². The second kappa shape index (κ2) is 4.99. The van der Waals surface area contributed by atoms with Gasteiger partial charge in [0.1, 0.15) is 0 Å². The van der Waals surface area contributed by atoms with Gasteiger partial charge < -0.3 is 5.11 Å². The number of benzene rings is 1. The topological polar surface area (TPSA) is 20.2 Å². The maximum Gasteiger partial charge on any atom is 0.0613 e. The molecule has 2 unspecified atom stereocenters. The van der Waals surface area contributed by atoms with Gasteiger partial charge in [0, 0.05) is 5.02 Å². The summed E-state index contributed by atoms with van der Waals surface area (Å²) < 4.78 is 0. The largest absolute Gasteiger partial charge is 0.392 e. The molecular weight excluding hydrogens is 232 g/mol. The van der Waals surface area contributed by atoms with Crippen LogP contribution in [0.2, 0.25) is 5.02 Å². The minimum absolute atomic E-state index is 0.228. The summed E-state index contributed by atoms with van der Waals surface area (Å²) >= 11 is 5.86. The highest BCUT2D eigenvalue weighted by molar-refractivity contribution is 6.30. The zero-order chi connectivity index (χ0) is 12.5. The van der Waals surface area contributed by atoms with E-state index in [-0.39, 0.29) is 11.5 Å². The van der Waals surface area contributed by atoms with E-state index in [0.29, 0.717) is 5.92 Å². The van der Waals surface area contributed by atoms with Crippen molar-refractivity contribution >= 4 is 11.6 Å². The van der Waals surface area contributed by atoms with E-state index in [2.05, 4.69) is 13.8 Å². The molecule has 1 N–H and O–H groups in total. The van der Waals surface area contributed by atoms with Gasteiger partial charge in [0.25, 0.3) is 0 Å². The van der Waals surface area contributed by atoms with Gasteiger partial charge in [0.05, 0.1) is 6.10 Å². The first-order valence-corrected chi connectivity index (χ1v) is 6.79. The van der Waals surface area contributed by atoms with Crippen LogP contribution in [0.25, 0.3) is 0 Å². The fraction of sp³-hybridized carbons (Fsp3) is 0.600. The molecule has 0 heterocycles. The van der Waals surface area contributed by atoms with Crippen LogP contribution in [0.4, 0.5) is 0 Å². The van der Waals surface area contributed by atoms with E-state index in [1.807, 2.05) is 24.3 Å². The molecule has 2 heteroatoms. The Labute approximate surface area is 109 Å². The van der Waals surface area contributed by atoms with Crippen LogP contribution in [0.1, 0.15) is 38.7 Å². The van der Waals surface area contributed by atoms with Gasteiger partial charge >= 0.3 is 0 Å². The van der Waals surface area contributed by atoms with Gasteiger partial charge in [-0.2, -0.15) is 0 Å². The average Bonchev–Trinajstić information content (AvgIpc) is 2.61. The Balaban J connectivity index is 2.01. The van der Waals surface area contributed by atoms with Crippen LogP contribution >= 0.6 is 11.6 Å². The molecule has 2 atom stereocenters. The summed E-state index contributed by atoms with van der Waals surface area (Å²) in [5.74, 6) is 0.429. The summed E-state index contributed by atoms with van der Waals surface area (Å²) in [6.45, 7) is 4.55. The lowest BCUT2D eigenvalue weighted by Crippen LogP contribution is -2.31. The predicted octanol–water partition coefficient (Wildman–Crippen LogP) is 4.07. The zero-order valence-electron chi connectivity index (χ0n) is 10.6. The molecule has 2 rings (SSSR count). The molecule has 1 fully saturated rings. The van der Waals surface area contributed by atoms with Crippen molar-refractivity contribution in [3.05, 3.63) is 34.9 Å². The van der Waals surface area contributed by atoms with Crippen LogP contribution < -0.4 is 0 Å². The standard InChI is InChI=1S/C15H21ClO/c1-15(2)9-3-4-13(15)14(17)10-11-5-7-12(16)8-6-11/h5-8,13-14,17H,3-4,9-10H2,1-2H3. The average molecular weight is 253 g/mol. The molecule has 1 aromatic rings. The van der Waals surface area contributed by atoms with Gasteiger partial charge in [-0.25, -0.2) is 0 Å². The number of rotatable bonds is 3. The Morgan fingerprint density at radius 1 is 1.35 bits per heavy atom. The van der Waals surface area contributed by atoms with Gasteiger partial charge in [-0.1, -0.05) is 44.0 Å². The molecule has 0 amide bonds. The van der Waals surface area contributed by atoms with Crippen molar-refractivity contribution in [2.75, 3.05) is 0 Å². The Hall–Kier alpha value is -0.530. The molecule has 0 aliphatic heterocycles. The molecule has 1 aliphatic carbocycles. The maximum absolute atomic E-state index is 10.4.